The molecule has 0 radical (unpaired) electrons. The molecule has 1 atom stereocenters. The van der Waals surface area contributed by atoms with Crippen LogP contribution in [-0.2, 0) is 4.79 Å². The quantitative estimate of drug-likeness (QED) is 0.859. The molecule has 114 valence electrons. The molecule has 1 heterocycles. The fourth-order valence-electron chi connectivity index (χ4n) is 2.72. The van der Waals surface area contributed by atoms with E-state index in [4.69, 9.17) is 5.73 Å². The number of carbonyl (C=O) groups is 2. The number of urea groups is 1. The molecule has 1 aromatic carbocycles. The molecule has 1 fully saturated rings. The maximum Gasteiger partial charge on any atom is 0.318 e. The Morgan fingerprint density at radius 1 is 1.38 bits per heavy atom. The van der Waals surface area contributed by atoms with Gasteiger partial charge < -0.3 is 10.6 Å². The monoisotopic (exact) mass is 290 g/mol. The second-order valence-electron chi connectivity index (χ2n) is 5.41. The molecule has 0 spiro atoms. The van der Waals surface area contributed by atoms with Crippen molar-refractivity contribution in [3.05, 3.63) is 30.3 Å². The first kappa shape index (κ1) is 15.3. The standard InChI is InChI=1S/C15H22N4O2/c1-18(11-14(20)17-15(16)21)13-8-5-9-19(10-13)12-6-3-2-4-7-12/h2-4,6-7,13H,5,8-11H2,1H3,(H3,16,17,20,21). The summed E-state index contributed by atoms with van der Waals surface area (Å²) in [4.78, 5) is 26.6. The van der Waals surface area contributed by atoms with E-state index in [9.17, 15) is 9.59 Å². The highest BCUT2D eigenvalue weighted by Gasteiger charge is 2.24. The maximum absolute atomic E-state index is 11.6. The molecule has 21 heavy (non-hydrogen) atoms. The van der Waals surface area contributed by atoms with Crippen LogP contribution < -0.4 is 16.0 Å². The van der Waals surface area contributed by atoms with Crippen LogP contribution in [0.1, 0.15) is 12.8 Å². The molecular weight excluding hydrogens is 268 g/mol. The fourth-order valence-corrected chi connectivity index (χ4v) is 2.72. The number of nitrogens with one attached hydrogen (secondary N) is 1. The zero-order valence-corrected chi connectivity index (χ0v) is 12.3. The Bertz CT molecular complexity index is 492. The van der Waals surface area contributed by atoms with Gasteiger partial charge in [0.2, 0.25) is 5.91 Å². The Kier molecular flexibility index (Phi) is 5.16. The van der Waals surface area contributed by atoms with Crippen molar-refractivity contribution in [2.45, 2.75) is 18.9 Å². The van der Waals surface area contributed by atoms with Gasteiger partial charge in [0.1, 0.15) is 0 Å². The summed E-state index contributed by atoms with van der Waals surface area (Å²) in [6.07, 6.45) is 2.13. The van der Waals surface area contributed by atoms with Crippen molar-refractivity contribution in [1.82, 2.24) is 10.2 Å². The number of para-hydroxylation sites is 1. The van der Waals surface area contributed by atoms with Gasteiger partial charge in [-0.15, -0.1) is 0 Å². The lowest BCUT2D eigenvalue weighted by atomic mass is 10.0. The van der Waals surface area contributed by atoms with E-state index in [1.54, 1.807) is 0 Å². The minimum Gasteiger partial charge on any atom is -0.370 e. The van der Waals surface area contributed by atoms with Gasteiger partial charge in [0.05, 0.1) is 6.54 Å². The van der Waals surface area contributed by atoms with Gasteiger partial charge in [-0.05, 0) is 32.0 Å². The minimum absolute atomic E-state index is 0.177. The van der Waals surface area contributed by atoms with Crippen LogP contribution in [0.4, 0.5) is 10.5 Å². The predicted octanol–water partition coefficient (Wildman–Crippen LogP) is 0.782. The van der Waals surface area contributed by atoms with Crippen LogP contribution in [0.2, 0.25) is 0 Å². The van der Waals surface area contributed by atoms with Gasteiger partial charge in [0.15, 0.2) is 0 Å². The van der Waals surface area contributed by atoms with Crippen molar-refractivity contribution < 1.29 is 9.59 Å². The van der Waals surface area contributed by atoms with Crippen molar-refractivity contribution in [3.8, 4) is 0 Å². The second-order valence-corrected chi connectivity index (χ2v) is 5.41. The number of benzene rings is 1. The number of hydrogen-bond acceptors (Lipinski definition) is 4. The van der Waals surface area contributed by atoms with E-state index in [0.29, 0.717) is 0 Å². The van der Waals surface area contributed by atoms with Gasteiger partial charge in [-0.1, -0.05) is 18.2 Å². The maximum atomic E-state index is 11.6. The highest BCUT2D eigenvalue weighted by atomic mass is 16.2. The number of imide groups is 1. The molecule has 6 heteroatoms. The van der Waals surface area contributed by atoms with Gasteiger partial charge in [-0.2, -0.15) is 0 Å². The lowest BCUT2D eigenvalue weighted by Gasteiger charge is -2.38. The normalized spacial score (nSPS) is 18.6. The smallest absolute Gasteiger partial charge is 0.318 e. The average Bonchev–Trinajstić information content (AvgIpc) is 2.47. The lowest BCUT2D eigenvalue weighted by Crippen LogP contribution is -2.50. The number of nitrogens with zero attached hydrogens (tertiary/aromatic N) is 2. The summed E-state index contributed by atoms with van der Waals surface area (Å²) in [5.41, 5.74) is 6.15. The number of likely N-dealkylation sites (N-methyl/N-ethyl adjacent to an activating group) is 1. The molecule has 2 rings (SSSR count). The Morgan fingerprint density at radius 3 is 2.76 bits per heavy atom. The van der Waals surface area contributed by atoms with Gasteiger partial charge in [-0.3, -0.25) is 15.0 Å². The third-order valence-corrected chi connectivity index (χ3v) is 3.80. The van der Waals surface area contributed by atoms with Gasteiger partial charge in [0.25, 0.3) is 0 Å². The topological polar surface area (TPSA) is 78.7 Å². The number of carbonyl (C=O) groups excluding carboxylic acids is 2. The molecule has 1 aliphatic rings. The van der Waals surface area contributed by atoms with Crippen LogP contribution in [0, 0.1) is 0 Å². The average molecular weight is 290 g/mol. The Balaban J connectivity index is 1.91. The Hall–Kier alpha value is -2.08. The number of hydrogen-bond donors (Lipinski definition) is 2. The van der Waals surface area contributed by atoms with E-state index in [0.717, 1.165) is 25.9 Å². The van der Waals surface area contributed by atoms with E-state index >= 15 is 0 Å². The van der Waals surface area contributed by atoms with Crippen LogP contribution in [0.25, 0.3) is 0 Å². The fraction of sp³-hybridized carbons (Fsp3) is 0.467. The van der Waals surface area contributed by atoms with E-state index in [-0.39, 0.29) is 18.5 Å². The molecule has 1 aromatic rings. The van der Waals surface area contributed by atoms with Crippen molar-refractivity contribution >= 4 is 17.6 Å². The summed E-state index contributed by atoms with van der Waals surface area (Å²) in [7, 11) is 1.90. The molecule has 0 aromatic heterocycles. The molecule has 3 N–H and O–H groups in total. The van der Waals surface area contributed by atoms with Gasteiger partial charge in [-0.25, -0.2) is 4.79 Å². The third-order valence-electron chi connectivity index (χ3n) is 3.80. The number of amides is 3. The van der Waals surface area contributed by atoms with E-state index in [2.05, 4.69) is 22.3 Å². The van der Waals surface area contributed by atoms with E-state index in [1.165, 1.54) is 5.69 Å². The number of anilines is 1. The highest BCUT2D eigenvalue weighted by molar-refractivity contribution is 5.94. The molecule has 1 aliphatic heterocycles. The zero-order valence-electron chi connectivity index (χ0n) is 12.3. The van der Waals surface area contributed by atoms with Crippen LogP contribution >= 0.6 is 0 Å². The summed E-state index contributed by atoms with van der Waals surface area (Å²) in [5.74, 6) is -0.359. The largest absolute Gasteiger partial charge is 0.370 e. The van der Waals surface area contributed by atoms with Crippen LogP contribution in [0.3, 0.4) is 0 Å². The number of piperidine rings is 1. The van der Waals surface area contributed by atoms with Crippen molar-refractivity contribution in [1.29, 1.82) is 0 Å². The summed E-state index contributed by atoms with van der Waals surface area (Å²) >= 11 is 0. The Morgan fingerprint density at radius 2 is 2.10 bits per heavy atom. The molecule has 0 saturated carbocycles. The number of rotatable bonds is 4. The van der Waals surface area contributed by atoms with Crippen molar-refractivity contribution in [3.63, 3.8) is 0 Å². The van der Waals surface area contributed by atoms with Gasteiger partial charge in [0, 0.05) is 24.8 Å². The zero-order chi connectivity index (χ0) is 15.2. The lowest BCUT2D eigenvalue weighted by molar-refractivity contribution is -0.121. The first-order valence-corrected chi connectivity index (χ1v) is 7.16. The van der Waals surface area contributed by atoms with Crippen molar-refractivity contribution in [2.24, 2.45) is 5.73 Å². The summed E-state index contributed by atoms with van der Waals surface area (Å²) in [6, 6.07) is 9.75. The van der Waals surface area contributed by atoms with Crippen LogP contribution in [0.15, 0.2) is 30.3 Å². The summed E-state index contributed by atoms with van der Waals surface area (Å²) in [6.45, 7) is 2.09. The van der Waals surface area contributed by atoms with E-state index < -0.39 is 6.03 Å². The molecule has 3 amide bonds. The van der Waals surface area contributed by atoms with E-state index in [1.807, 2.05) is 30.1 Å². The predicted molar refractivity (Wildman–Crippen MR) is 82.0 cm³/mol. The molecule has 0 bridgehead atoms. The summed E-state index contributed by atoms with van der Waals surface area (Å²) in [5, 5.41) is 2.10. The molecule has 0 aliphatic carbocycles. The Labute approximate surface area is 124 Å². The number of nitrogens with two attached hydrogens (primary N) is 1. The SMILES string of the molecule is CN(CC(=O)NC(N)=O)C1CCCN(c2ccccc2)C1. The first-order valence-electron chi connectivity index (χ1n) is 7.16. The first-order chi connectivity index (χ1) is 10.1. The molecule has 6 nitrogen and oxygen atoms in total. The van der Waals surface area contributed by atoms with Crippen LogP contribution in [0.5, 0.6) is 0 Å². The molecule has 1 unspecified atom stereocenters. The number of primary amides is 1. The van der Waals surface area contributed by atoms with Crippen LogP contribution in [-0.4, -0.2) is 49.6 Å². The third kappa shape index (κ3) is 4.46. The minimum atomic E-state index is -0.803. The molecular formula is C15H22N4O2. The highest BCUT2D eigenvalue weighted by Crippen LogP contribution is 2.21. The molecule has 1 saturated heterocycles. The van der Waals surface area contributed by atoms with Gasteiger partial charge >= 0.3 is 6.03 Å². The second kappa shape index (κ2) is 7.08. The summed E-state index contributed by atoms with van der Waals surface area (Å²) < 4.78 is 0. The van der Waals surface area contributed by atoms with Crippen molar-refractivity contribution in [2.75, 3.05) is 31.6 Å².